The van der Waals surface area contributed by atoms with E-state index in [1.165, 1.54) is 5.56 Å². The Kier molecular flexibility index (Phi) is 4.58. The molecule has 110 valence electrons. The second-order valence-electron chi connectivity index (χ2n) is 5.23. The van der Waals surface area contributed by atoms with E-state index < -0.39 is 0 Å². The smallest absolute Gasteiger partial charge is 0.259 e. The minimum Gasteiger partial charge on any atom is -0.362 e. The molecule has 0 aliphatic heterocycles. The monoisotopic (exact) mass is 283 g/mol. The predicted molar refractivity (Wildman–Crippen MR) is 87.1 cm³/mol. The molecule has 1 aromatic carbocycles. The molecule has 2 aromatic rings. The first kappa shape index (κ1) is 15.0. The molecule has 21 heavy (non-hydrogen) atoms. The van der Waals surface area contributed by atoms with Crippen molar-refractivity contribution in [2.24, 2.45) is 0 Å². The third-order valence-corrected chi connectivity index (χ3v) is 3.41. The van der Waals surface area contributed by atoms with Crippen LogP contribution in [0.25, 0.3) is 0 Å². The van der Waals surface area contributed by atoms with E-state index >= 15 is 0 Å². The Morgan fingerprint density at radius 3 is 2.71 bits per heavy atom. The third-order valence-electron chi connectivity index (χ3n) is 3.41. The number of carbonyl (C=O) groups is 1. The Balaban J connectivity index is 2.30. The van der Waals surface area contributed by atoms with Crippen molar-refractivity contribution in [3.05, 3.63) is 53.2 Å². The fourth-order valence-corrected chi connectivity index (χ4v) is 2.14. The normalized spacial score (nSPS) is 10.3. The van der Waals surface area contributed by atoms with Crippen LogP contribution in [0.4, 0.5) is 11.5 Å². The summed E-state index contributed by atoms with van der Waals surface area (Å²) in [5.74, 6) is 0.530. The van der Waals surface area contributed by atoms with Gasteiger partial charge in [0.2, 0.25) is 0 Å². The van der Waals surface area contributed by atoms with Gasteiger partial charge < -0.3 is 10.2 Å². The maximum absolute atomic E-state index is 12.5. The lowest BCUT2D eigenvalue weighted by molar-refractivity contribution is 0.102. The van der Waals surface area contributed by atoms with E-state index in [9.17, 15) is 4.79 Å². The Labute approximate surface area is 125 Å². The number of rotatable bonds is 4. The number of aromatic nitrogens is 1. The molecule has 0 spiro atoms. The van der Waals surface area contributed by atoms with Crippen molar-refractivity contribution in [2.75, 3.05) is 24.3 Å². The molecule has 1 aromatic heterocycles. The van der Waals surface area contributed by atoms with E-state index in [0.717, 1.165) is 17.7 Å². The van der Waals surface area contributed by atoms with Gasteiger partial charge in [0.1, 0.15) is 5.82 Å². The molecule has 0 saturated carbocycles. The number of nitrogens with zero attached hydrogens (tertiary/aromatic N) is 2. The molecule has 0 atom stereocenters. The Bertz CT molecular complexity index is 650. The number of carbonyl (C=O) groups excluding carboxylic acids is 1. The molecule has 0 bridgehead atoms. The Morgan fingerprint density at radius 2 is 2.05 bits per heavy atom. The first-order chi connectivity index (χ1) is 10.0. The van der Waals surface area contributed by atoms with Gasteiger partial charge in [-0.15, -0.1) is 0 Å². The average Bonchev–Trinajstić information content (AvgIpc) is 2.49. The highest BCUT2D eigenvalue weighted by Gasteiger charge is 2.14. The quantitative estimate of drug-likeness (QED) is 0.936. The van der Waals surface area contributed by atoms with E-state index in [4.69, 9.17) is 0 Å². The van der Waals surface area contributed by atoms with Gasteiger partial charge in [0.15, 0.2) is 0 Å². The number of anilines is 2. The van der Waals surface area contributed by atoms with Crippen molar-refractivity contribution in [3.63, 3.8) is 0 Å². The van der Waals surface area contributed by atoms with E-state index in [1.807, 2.05) is 38.1 Å². The van der Waals surface area contributed by atoms with Crippen molar-refractivity contribution in [1.82, 2.24) is 4.98 Å². The lowest BCUT2D eigenvalue weighted by Gasteiger charge is -2.16. The average molecular weight is 283 g/mol. The SMILES string of the molecule is CCc1ccc(C)c(NC(=O)c2cccnc2N(C)C)c1. The van der Waals surface area contributed by atoms with Crippen molar-refractivity contribution < 1.29 is 4.79 Å². The zero-order valence-electron chi connectivity index (χ0n) is 13.0. The fourth-order valence-electron chi connectivity index (χ4n) is 2.14. The standard InChI is InChI=1S/C17H21N3O/c1-5-13-9-8-12(2)15(11-13)19-17(21)14-7-6-10-18-16(14)20(3)4/h6-11H,5H2,1-4H3,(H,19,21). The molecule has 0 aliphatic carbocycles. The van der Waals surface area contributed by atoms with Gasteiger partial charge in [-0.2, -0.15) is 0 Å². The lowest BCUT2D eigenvalue weighted by Crippen LogP contribution is -2.20. The summed E-state index contributed by atoms with van der Waals surface area (Å²) < 4.78 is 0. The van der Waals surface area contributed by atoms with Crippen LogP contribution in [0.3, 0.4) is 0 Å². The molecule has 0 radical (unpaired) electrons. The van der Waals surface area contributed by atoms with Crippen LogP contribution in [-0.4, -0.2) is 25.0 Å². The summed E-state index contributed by atoms with van der Waals surface area (Å²) in [6, 6.07) is 9.71. The molecule has 1 heterocycles. The molecule has 1 amide bonds. The van der Waals surface area contributed by atoms with Crippen molar-refractivity contribution >= 4 is 17.4 Å². The second kappa shape index (κ2) is 6.39. The van der Waals surface area contributed by atoms with Crippen LogP contribution in [0.2, 0.25) is 0 Å². The maximum Gasteiger partial charge on any atom is 0.259 e. The Hall–Kier alpha value is -2.36. The largest absolute Gasteiger partial charge is 0.362 e. The summed E-state index contributed by atoms with van der Waals surface area (Å²) in [6.45, 7) is 4.09. The maximum atomic E-state index is 12.5. The summed E-state index contributed by atoms with van der Waals surface area (Å²) in [7, 11) is 3.75. The zero-order valence-corrected chi connectivity index (χ0v) is 13.0. The van der Waals surface area contributed by atoms with Crippen LogP contribution in [0.15, 0.2) is 36.5 Å². The van der Waals surface area contributed by atoms with Crippen LogP contribution in [0.1, 0.15) is 28.4 Å². The van der Waals surface area contributed by atoms with Crippen LogP contribution in [0.5, 0.6) is 0 Å². The summed E-state index contributed by atoms with van der Waals surface area (Å²) in [4.78, 5) is 18.6. The van der Waals surface area contributed by atoms with E-state index in [0.29, 0.717) is 11.4 Å². The number of hydrogen-bond donors (Lipinski definition) is 1. The first-order valence-corrected chi connectivity index (χ1v) is 7.06. The topological polar surface area (TPSA) is 45.2 Å². The van der Waals surface area contributed by atoms with Gasteiger partial charge in [0, 0.05) is 26.0 Å². The number of amides is 1. The predicted octanol–water partition coefficient (Wildman–Crippen LogP) is 3.27. The van der Waals surface area contributed by atoms with Gasteiger partial charge in [0.05, 0.1) is 5.56 Å². The molecule has 1 N–H and O–H groups in total. The summed E-state index contributed by atoms with van der Waals surface area (Å²) in [6.07, 6.45) is 2.63. The van der Waals surface area contributed by atoms with Gasteiger partial charge in [0.25, 0.3) is 5.91 Å². The van der Waals surface area contributed by atoms with Gasteiger partial charge in [-0.05, 0) is 42.7 Å². The fraction of sp³-hybridized carbons (Fsp3) is 0.294. The highest BCUT2D eigenvalue weighted by molar-refractivity contribution is 6.07. The molecule has 0 saturated heterocycles. The molecule has 0 unspecified atom stereocenters. The minimum absolute atomic E-state index is 0.136. The Morgan fingerprint density at radius 1 is 1.29 bits per heavy atom. The van der Waals surface area contributed by atoms with Gasteiger partial charge in [-0.1, -0.05) is 19.1 Å². The van der Waals surface area contributed by atoms with Gasteiger partial charge in [-0.3, -0.25) is 4.79 Å². The lowest BCUT2D eigenvalue weighted by atomic mass is 10.1. The highest BCUT2D eigenvalue weighted by atomic mass is 16.1. The number of pyridine rings is 1. The molecule has 2 rings (SSSR count). The second-order valence-corrected chi connectivity index (χ2v) is 5.23. The molecular formula is C17H21N3O. The third kappa shape index (κ3) is 3.40. The van der Waals surface area contributed by atoms with Gasteiger partial charge in [-0.25, -0.2) is 4.98 Å². The molecular weight excluding hydrogens is 262 g/mol. The summed E-state index contributed by atoms with van der Waals surface area (Å²) in [5, 5.41) is 2.99. The van der Waals surface area contributed by atoms with Crippen LogP contribution in [0, 0.1) is 6.92 Å². The van der Waals surface area contributed by atoms with Crippen LogP contribution in [-0.2, 0) is 6.42 Å². The number of hydrogen-bond acceptors (Lipinski definition) is 3. The van der Waals surface area contributed by atoms with Gasteiger partial charge >= 0.3 is 0 Å². The van der Waals surface area contributed by atoms with Crippen molar-refractivity contribution in [1.29, 1.82) is 0 Å². The highest BCUT2D eigenvalue weighted by Crippen LogP contribution is 2.20. The molecule has 0 fully saturated rings. The van der Waals surface area contributed by atoms with Crippen LogP contribution >= 0.6 is 0 Å². The van der Waals surface area contributed by atoms with Crippen molar-refractivity contribution in [3.8, 4) is 0 Å². The number of aryl methyl sites for hydroxylation is 2. The summed E-state index contributed by atoms with van der Waals surface area (Å²) in [5.41, 5.74) is 3.68. The first-order valence-electron chi connectivity index (χ1n) is 7.06. The van der Waals surface area contributed by atoms with Crippen LogP contribution < -0.4 is 10.2 Å². The number of nitrogens with one attached hydrogen (secondary N) is 1. The molecule has 4 heteroatoms. The van der Waals surface area contributed by atoms with E-state index in [2.05, 4.69) is 23.3 Å². The number of benzene rings is 1. The summed E-state index contributed by atoms with van der Waals surface area (Å²) >= 11 is 0. The minimum atomic E-state index is -0.136. The molecule has 0 aliphatic rings. The zero-order chi connectivity index (χ0) is 15.4. The van der Waals surface area contributed by atoms with Crippen molar-refractivity contribution in [2.45, 2.75) is 20.3 Å². The molecule has 4 nitrogen and oxygen atoms in total. The van der Waals surface area contributed by atoms with E-state index in [1.54, 1.807) is 18.3 Å². The van der Waals surface area contributed by atoms with E-state index in [-0.39, 0.29) is 5.91 Å².